The summed E-state index contributed by atoms with van der Waals surface area (Å²) in [5, 5.41) is 10.2. The molecule has 0 aliphatic rings. The van der Waals surface area contributed by atoms with Gasteiger partial charge in [-0.3, -0.25) is 0 Å². The molecule has 0 aliphatic heterocycles. The summed E-state index contributed by atoms with van der Waals surface area (Å²) >= 11 is 0. The lowest BCUT2D eigenvalue weighted by atomic mass is 9.82. The van der Waals surface area contributed by atoms with Crippen molar-refractivity contribution in [2.45, 2.75) is 53.1 Å². The maximum Gasteiger partial charge on any atom is 0.168 e. The summed E-state index contributed by atoms with van der Waals surface area (Å²) in [6.07, 6.45) is 1.55. The first-order chi connectivity index (χ1) is 9.23. The second kappa shape index (κ2) is 7.07. The van der Waals surface area contributed by atoms with Gasteiger partial charge in [0.25, 0.3) is 0 Å². The van der Waals surface area contributed by atoms with E-state index in [2.05, 4.69) is 27.7 Å². The lowest BCUT2D eigenvalue weighted by Gasteiger charge is -2.25. The van der Waals surface area contributed by atoms with Crippen molar-refractivity contribution < 1.29 is 14.2 Å². The van der Waals surface area contributed by atoms with Crippen molar-refractivity contribution >= 4 is 0 Å². The number of ether oxygens (including phenoxy) is 1. The molecule has 0 fully saturated rings. The van der Waals surface area contributed by atoms with E-state index in [0.29, 0.717) is 24.3 Å². The van der Waals surface area contributed by atoms with Gasteiger partial charge in [-0.15, -0.1) is 0 Å². The number of hydrogen-bond donors (Lipinski definition) is 1. The smallest absolute Gasteiger partial charge is 0.168 e. The van der Waals surface area contributed by atoms with E-state index in [-0.39, 0.29) is 17.0 Å². The van der Waals surface area contributed by atoms with Crippen molar-refractivity contribution in [3.8, 4) is 5.75 Å². The third-order valence-corrected chi connectivity index (χ3v) is 3.35. The maximum atomic E-state index is 14.0. The van der Waals surface area contributed by atoms with Crippen LogP contribution < -0.4 is 4.74 Å². The molecular formula is C17H27FO2. The van der Waals surface area contributed by atoms with Gasteiger partial charge in [0.15, 0.2) is 11.6 Å². The minimum Gasteiger partial charge on any atom is -0.494 e. The number of hydrogen-bond acceptors (Lipinski definition) is 2. The van der Waals surface area contributed by atoms with Crippen molar-refractivity contribution in [1.29, 1.82) is 0 Å². The van der Waals surface area contributed by atoms with Gasteiger partial charge in [0.05, 0.1) is 13.2 Å². The molecule has 0 radical (unpaired) electrons. The quantitative estimate of drug-likeness (QED) is 0.847. The normalized spacial score (nSPS) is 14.9. The minimum absolute atomic E-state index is 0.234. The van der Waals surface area contributed by atoms with Crippen LogP contribution in [0.15, 0.2) is 18.2 Å². The molecule has 2 unspecified atom stereocenters. The SMILES string of the molecule is COc1cccc(CC(O)CC(C)CC(C)(C)C)c1F. The predicted molar refractivity (Wildman–Crippen MR) is 80.5 cm³/mol. The first-order valence-electron chi connectivity index (χ1n) is 7.22. The number of methoxy groups -OCH3 is 1. The minimum atomic E-state index is -0.519. The molecule has 1 N–H and O–H groups in total. The van der Waals surface area contributed by atoms with E-state index in [9.17, 15) is 9.50 Å². The molecule has 0 heterocycles. The van der Waals surface area contributed by atoms with Gasteiger partial charge in [0.1, 0.15) is 0 Å². The van der Waals surface area contributed by atoms with E-state index in [4.69, 9.17) is 4.74 Å². The third kappa shape index (κ3) is 5.49. The first-order valence-corrected chi connectivity index (χ1v) is 7.22. The second-order valence-electron chi connectivity index (χ2n) is 6.90. The zero-order valence-electron chi connectivity index (χ0n) is 13.2. The fraction of sp³-hybridized carbons (Fsp3) is 0.647. The fourth-order valence-corrected chi connectivity index (χ4v) is 2.80. The summed E-state index contributed by atoms with van der Waals surface area (Å²) in [6, 6.07) is 5.05. The Balaban J connectivity index is 2.60. The molecule has 0 aliphatic carbocycles. The lowest BCUT2D eigenvalue weighted by Crippen LogP contribution is -2.19. The average Bonchev–Trinajstić information content (AvgIpc) is 2.29. The van der Waals surface area contributed by atoms with Crippen LogP contribution in [0.2, 0.25) is 0 Å². The fourth-order valence-electron chi connectivity index (χ4n) is 2.80. The standard InChI is InChI=1S/C17H27FO2/c1-12(11-17(2,3)4)9-14(19)10-13-7-6-8-15(20-5)16(13)18/h6-8,12,14,19H,9-11H2,1-5H3. The van der Waals surface area contributed by atoms with Crippen LogP contribution in [0.4, 0.5) is 4.39 Å². The number of benzene rings is 1. The van der Waals surface area contributed by atoms with E-state index in [1.165, 1.54) is 7.11 Å². The molecule has 20 heavy (non-hydrogen) atoms. The van der Waals surface area contributed by atoms with Gasteiger partial charge in [-0.25, -0.2) is 4.39 Å². The molecule has 1 aromatic rings. The van der Waals surface area contributed by atoms with Crippen LogP contribution in [0.25, 0.3) is 0 Å². The molecule has 0 bridgehead atoms. The molecule has 114 valence electrons. The van der Waals surface area contributed by atoms with E-state index < -0.39 is 6.10 Å². The van der Waals surface area contributed by atoms with Crippen molar-refractivity contribution in [3.63, 3.8) is 0 Å². The Bertz CT molecular complexity index is 423. The predicted octanol–water partition coefficient (Wildman–Crippen LogP) is 4.20. The molecule has 0 saturated heterocycles. The van der Waals surface area contributed by atoms with Crippen molar-refractivity contribution in [1.82, 2.24) is 0 Å². The summed E-state index contributed by atoms with van der Waals surface area (Å²) in [7, 11) is 1.45. The topological polar surface area (TPSA) is 29.5 Å². The average molecular weight is 282 g/mol. The Labute approximate surface area is 122 Å². The molecule has 0 amide bonds. The number of rotatable bonds is 6. The van der Waals surface area contributed by atoms with Crippen LogP contribution in [-0.2, 0) is 6.42 Å². The summed E-state index contributed by atoms with van der Waals surface area (Å²) in [6.45, 7) is 8.71. The maximum absolute atomic E-state index is 14.0. The molecule has 2 nitrogen and oxygen atoms in total. The molecule has 3 heteroatoms. The largest absolute Gasteiger partial charge is 0.494 e. The van der Waals surface area contributed by atoms with Crippen molar-refractivity contribution in [2.75, 3.05) is 7.11 Å². The highest BCUT2D eigenvalue weighted by Gasteiger charge is 2.19. The summed E-state index contributed by atoms with van der Waals surface area (Å²) in [5.41, 5.74) is 0.764. The lowest BCUT2D eigenvalue weighted by molar-refractivity contribution is 0.132. The van der Waals surface area contributed by atoms with Gasteiger partial charge in [0.2, 0.25) is 0 Å². The number of halogens is 1. The molecule has 1 aromatic carbocycles. The van der Waals surface area contributed by atoms with E-state index >= 15 is 0 Å². The Morgan fingerprint density at radius 3 is 2.50 bits per heavy atom. The highest BCUT2D eigenvalue weighted by molar-refractivity contribution is 5.31. The van der Waals surface area contributed by atoms with Gasteiger partial charge < -0.3 is 9.84 Å². The Morgan fingerprint density at radius 1 is 1.30 bits per heavy atom. The molecule has 2 atom stereocenters. The second-order valence-corrected chi connectivity index (χ2v) is 6.90. The summed E-state index contributed by atoms with van der Waals surface area (Å²) in [5.74, 6) is 0.286. The zero-order valence-corrected chi connectivity index (χ0v) is 13.2. The van der Waals surface area contributed by atoms with Crippen LogP contribution in [0, 0.1) is 17.2 Å². The molecular weight excluding hydrogens is 255 g/mol. The summed E-state index contributed by atoms with van der Waals surface area (Å²) in [4.78, 5) is 0. The number of aliphatic hydroxyl groups excluding tert-OH is 1. The Morgan fingerprint density at radius 2 is 1.95 bits per heavy atom. The van der Waals surface area contributed by atoms with Gasteiger partial charge in [-0.2, -0.15) is 0 Å². The zero-order chi connectivity index (χ0) is 15.3. The van der Waals surface area contributed by atoms with E-state index in [1.807, 2.05) is 0 Å². The van der Waals surface area contributed by atoms with Crippen molar-refractivity contribution in [2.24, 2.45) is 11.3 Å². The van der Waals surface area contributed by atoms with Gasteiger partial charge in [-0.05, 0) is 35.8 Å². The van der Waals surface area contributed by atoms with Crippen LogP contribution in [0.5, 0.6) is 5.75 Å². The van der Waals surface area contributed by atoms with Crippen molar-refractivity contribution in [3.05, 3.63) is 29.6 Å². The van der Waals surface area contributed by atoms with Crippen LogP contribution in [0.1, 0.15) is 46.1 Å². The van der Waals surface area contributed by atoms with Crippen LogP contribution >= 0.6 is 0 Å². The van der Waals surface area contributed by atoms with Crippen LogP contribution in [0.3, 0.4) is 0 Å². The van der Waals surface area contributed by atoms with Crippen LogP contribution in [-0.4, -0.2) is 18.3 Å². The first kappa shape index (κ1) is 17.0. The van der Waals surface area contributed by atoms with Gasteiger partial charge in [0, 0.05) is 6.42 Å². The number of aliphatic hydroxyl groups is 1. The summed E-state index contributed by atoms with van der Waals surface area (Å²) < 4.78 is 19.0. The van der Waals surface area contributed by atoms with E-state index in [1.54, 1.807) is 18.2 Å². The molecule has 0 aromatic heterocycles. The highest BCUT2D eigenvalue weighted by Crippen LogP contribution is 2.28. The molecule has 1 rings (SSSR count). The molecule has 0 saturated carbocycles. The molecule has 0 spiro atoms. The Kier molecular flexibility index (Phi) is 6.00. The van der Waals surface area contributed by atoms with E-state index in [0.717, 1.165) is 6.42 Å². The third-order valence-electron chi connectivity index (χ3n) is 3.35. The van der Waals surface area contributed by atoms with Gasteiger partial charge in [-0.1, -0.05) is 39.8 Å². The highest BCUT2D eigenvalue weighted by atomic mass is 19.1. The monoisotopic (exact) mass is 282 g/mol. The van der Waals surface area contributed by atoms with Gasteiger partial charge >= 0.3 is 0 Å². The Hall–Kier alpha value is -1.09.